The maximum Gasteiger partial charge on any atom is 0.346 e. The number of esters is 1. The lowest BCUT2D eigenvalue weighted by atomic mass is 10.2. The Morgan fingerprint density at radius 2 is 2.06 bits per heavy atom. The third kappa shape index (κ3) is 2.88. The van der Waals surface area contributed by atoms with Crippen LogP contribution >= 0.6 is 15.9 Å². The molecule has 0 aliphatic heterocycles. The Kier molecular flexibility index (Phi) is 3.49. The molecule has 0 unspecified atom stereocenters. The lowest BCUT2D eigenvalue weighted by Crippen LogP contribution is -2.10. The van der Waals surface area contributed by atoms with Crippen LogP contribution in [0.3, 0.4) is 0 Å². The lowest BCUT2D eigenvalue weighted by molar-refractivity contribution is 0.0729. The van der Waals surface area contributed by atoms with Crippen LogP contribution in [0.1, 0.15) is 10.4 Å². The number of hydrogen-bond donors (Lipinski definition) is 0. The first-order valence-electron chi connectivity index (χ1n) is 4.74. The van der Waals surface area contributed by atoms with Crippen LogP contribution in [-0.4, -0.2) is 11.0 Å². The van der Waals surface area contributed by atoms with Crippen LogP contribution in [-0.2, 0) is 0 Å². The topological polar surface area (TPSA) is 39.2 Å². The predicted octanol–water partition coefficient (Wildman–Crippen LogP) is 3.20. The van der Waals surface area contributed by atoms with Crippen LogP contribution in [0, 0.1) is 5.82 Å². The molecule has 3 nitrogen and oxygen atoms in total. The molecule has 0 spiro atoms. The zero-order valence-electron chi connectivity index (χ0n) is 8.56. The van der Waals surface area contributed by atoms with Crippen LogP contribution < -0.4 is 4.74 Å². The van der Waals surface area contributed by atoms with Crippen LogP contribution in [0.4, 0.5) is 4.39 Å². The van der Waals surface area contributed by atoms with Gasteiger partial charge < -0.3 is 4.74 Å². The van der Waals surface area contributed by atoms with E-state index in [1.807, 2.05) is 0 Å². The molecule has 5 heteroatoms. The van der Waals surface area contributed by atoms with E-state index in [-0.39, 0.29) is 11.3 Å². The minimum atomic E-state index is -0.747. The molecule has 2 aromatic rings. The minimum Gasteiger partial charge on any atom is -0.421 e. The van der Waals surface area contributed by atoms with Crippen molar-refractivity contribution >= 4 is 21.9 Å². The molecule has 0 atom stereocenters. The Morgan fingerprint density at radius 1 is 1.29 bits per heavy atom. The van der Waals surface area contributed by atoms with Crippen molar-refractivity contribution in [2.45, 2.75) is 0 Å². The molecule has 1 aromatic heterocycles. The SMILES string of the molecule is O=C(Oc1cncc(Br)c1)c1ccccc1F. The number of carbonyl (C=O) groups excluding carboxylic acids is 1. The number of carbonyl (C=O) groups is 1. The van der Waals surface area contributed by atoms with Gasteiger partial charge in [-0.15, -0.1) is 0 Å². The van der Waals surface area contributed by atoms with E-state index in [0.717, 1.165) is 0 Å². The number of nitrogens with zero attached hydrogens (tertiary/aromatic N) is 1. The van der Waals surface area contributed by atoms with E-state index in [2.05, 4.69) is 20.9 Å². The summed E-state index contributed by atoms with van der Waals surface area (Å²) in [5, 5.41) is 0. The van der Waals surface area contributed by atoms with Gasteiger partial charge in [0.25, 0.3) is 0 Å². The normalized spacial score (nSPS) is 10.0. The summed E-state index contributed by atoms with van der Waals surface area (Å²) in [6.07, 6.45) is 2.93. The molecule has 2 rings (SSSR count). The first-order chi connectivity index (χ1) is 8.16. The predicted molar refractivity (Wildman–Crippen MR) is 63.3 cm³/mol. The fourth-order valence-electron chi connectivity index (χ4n) is 1.24. The van der Waals surface area contributed by atoms with E-state index in [1.54, 1.807) is 18.3 Å². The highest BCUT2D eigenvalue weighted by Gasteiger charge is 2.13. The number of aromatic nitrogens is 1. The molecule has 0 aliphatic carbocycles. The minimum absolute atomic E-state index is 0.104. The van der Waals surface area contributed by atoms with Gasteiger partial charge in [-0.25, -0.2) is 9.18 Å². The summed E-state index contributed by atoms with van der Waals surface area (Å²) in [5.41, 5.74) is -0.104. The summed E-state index contributed by atoms with van der Waals surface area (Å²) in [6, 6.07) is 7.22. The third-order valence-electron chi connectivity index (χ3n) is 1.98. The van der Waals surface area contributed by atoms with Gasteiger partial charge in [0.05, 0.1) is 11.8 Å². The standard InChI is InChI=1S/C12H7BrFNO2/c13-8-5-9(7-15-6-8)17-12(16)10-3-1-2-4-11(10)14/h1-7H. The second-order valence-electron chi connectivity index (χ2n) is 3.21. The van der Waals surface area contributed by atoms with Crippen molar-refractivity contribution in [3.63, 3.8) is 0 Å². The number of halogens is 2. The highest BCUT2D eigenvalue weighted by molar-refractivity contribution is 9.10. The molecule has 0 fully saturated rings. The van der Waals surface area contributed by atoms with Gasteiger partial charge in [0.1, 0.15) is 5.82 Å². The highest BCUT2D eigenvalue weighted by atomic mass is 79.9. The van der Waals surface area contributed by atoms with Gasteiger partial charge in [0.2, 0.25) is 0 Å². The van der Waals surface area contributed by atoms with E-state index in [4.69, 9.17) is 4.74 Å². The van der Waals surface area contributed by atoms with Gasteiger partial charge in [-0.3, -0.25) is 4.98 Å². The summed E-state index contributed by atoms with van der Waals surface area (Å²) in [7, 11) is 0. The zero-order chi connectivity index (χ0) is 12.3. The van der Waals surface area contributed by atoms with Crippen molar-refractivity contribution in [2.75, 3.05) is 0 Å². The van der Waals surface area contributed by atoms with Crippen molar-refractivity contribution < 1.29 is 13.9 Å². The second-order valence-corrected chi connectivity index (χ2v) is 4.12. The summed E-state index contributed by atoms with van der Waals surface area (Å²) < 4.78 is 19.0. The first-order valence-corrected chi connectivity index (χ1v) is 5.53. The zero-order valence-corrected chi connectivity index (χ0v) is 10.1. The number of rotatable bonds is 2. The van der Waals surface area contributed by atoms with Gasteiger partial charge in [-0.1, -0.05) is 12.1 Å². The molecule has 0 saturated carbocycles. The van der Waals surface area contributed by atoms with E-state index >= 15 is 0 Å². The van der Waals surface area contributed by atoms with Gasteiger partial charge in [-0.05, 0) is 34.1 Å². The Labute approximate surface area is 105 Å². The van der Waals surface area contributed by atoms with Crippen LogP contribution in [0.15, 0.2) is 47.2 Å². The molecule has 0 amide bonds. The molecular formula is C12H7BrFNO2. The van der Waals surface area contributed by atoms with Gasteiger partial charge in [0, 0.05) is 10.7 Å². The first kappa shape index (κ1) is 11.7. The lowest BCUT2D eigenvalue weighted by Gasteiger charge is -2.04. The second kappa shape index (κ2) is 5.05. The quantitative estimate of drug-likeness (QED) is 0.799. The Morgan fingerprint density at radius 3 is 2.76 bits per heavy atom. The smallest absolute Gasteiger partial charge is 0.346 e. The number of pyridine rings is 1. The van der Waals surface area contributed by atoms with Gasteiger partial charge in [0.15, 0.2) is 5.75 Å². The Bertz CT molecular complexity index is 560. The van der Waals surface area contributed by atoms with Crippen molar-refractivity contribution in [3.8, 4) is 5.75 Å². The fraction of sp³-hybridized carbons (Fsp3) is 0. The van der Waals surface area contributed by atoms with E-state index < -0.39 is 11.8 Å². The number of hydrogen-bond acceptors (Lipinski definition) is 3. The van der Waals surface area contributed by atoms with E-state index in [1.165, 1.54) is 24.4 Å². The molecule has 86 valence electrons. The molecule has 17 heavy (non-hydrogen) atoms. The summed E-state index contributed by atoms with van der Waals surface area (Å²) >= 11 is 3.19. The molecular weight excluding hydrogens is 289 g/mol. The van der Waals surface area contributed by atoms with Crippen molar-refractivity contribution in [2.24, 2.45) is 0 Å². The molecule has 0 radical (unpaired) electrons. The highest BCUT2D eigenvalue weighted by Crippen LogP contribution is 2.17. The van der Waals surface area contributed by atoms with Crippen LogP contribution in [0.25, 0.3) is 0 Å². The van der Waals surface area contributed by atoms with Crippen LogP contribution in [0.2, 0.25) is 0 Å². The van der Waals surface area contributed by atoms with Crippen molar-refractivity contribution in [1.29, 1.82) is 0 Å². The Hall–Kier alpha value is -1.75. The molecule has 0 N–H and O–H groups in total. The molecule has 0 bridgehead atoms. The molecule has 0 aliphatic rings. The fourth-order valence-corrected chi connectivity index (χ4v) is 1.58. The maximum absolute atomic E-state index is 13.3. The molecule has 1 heterocycles. The summed E-state index contributed by atoms with van der Waals surface area (Å²) in [4.78, 5) is 15.5. The third-order valence-corrected chi connectivity index (χ3v) is 2.42. The largest absolute Gasteiger partial charge is 0.421 e. The average Bonchev–Trinajstić information content (AvgIpc) is 2.29. The monoisotopic (exact) mass is 295 g/mol. The number of benzene rings is 1. The van der Waals surface area contributed by atoms with Gasteiger partial charge in [-0.2, -0.15) is 0 Å². The average molecular weight is 296 g/mol. The maximum atomic E-state index is 13.3. The van der Waals surface area contributed by atoms with Crippen molar-refractivity contribution in [1.82, 2.24) is 4.98 Å². The van der Waals surface area contributed by atoms with E-state index in [9.17, 15) is 9.18 Å². The van der Waals surface area contributed by atoms with E-state index in [0.29, 0.717) is 4.47 Å². The van der Waals surface area contributed by atoms with Crippen LogP contribution in [0.5, 0.6) is 5.75 Å². The molecule has 1 aromatic carbocycles. The summed E-state index contributed by atoms with van der Waals surface area (Å²) in [6.45, 7) is 0. The Balaban J connectivity index is 2.20. The van der Waals surface area contributed by atoms with Crippen molar-refractivity contribution in [3.05, 3.63) is 58.6 Å². The molecule has 0 saturated heterocycles. The van der Waals surface area contributed by atoms with Gasteiger partial charge >= 0.3 is 5.97 Å². The number of ether oxygens (including phenoxy) is 1. The summed E-state index contributed by atoms with van der Waals surface area (Å²) in [5.74, 6) is -1.10.